The molecule has 0 spiro atoms. The van der Waals surface area contributed by atoms with Crippen molar-refractivity contribution in [2.24, 2.45) is 0 Å². The van der Waals surface area contributed by atoms with Gasteiger partial charge >= 0.3 is 0 Å². The second-order valence-corrected chi connectivity index (χ2v) is 5.54. The number of ether oxygens (including phenoxy) is 2. The highest BCUT2D eigenvalue weighted by molar-refractivity contribution is 5.93. The van der Waals surface area contributed by atoms with Crippen LogP contribution in [0.5, 0.6) is 11.5 Å². The Morgan fingerprint density at radius 1 is 1.26 bits per heavy atom. The number of amides is 1. The summed E-state index contributed by atoms with van der Waals surface area (Å²) in [4.78, 5) is 12.3. The summed E-state index contributed by atoms with van der Waals surface area (Å²) in [5.74, 6) is 1.28. The molecule has 6 heteroatoms. The van der Waals surface area contributed by atoms with Gasteiger partial charge in [-0.1, -0.05) is 17.3 Å². The summed E-state index contributed by atoms with van der Waals surface area (Å²) < 4.78 is 16.2. The highest BCUT2D eigenvalue weighted by atomic mass is 16.5. The van der Waals surface area contributed by atoms with Gasteiger partial charge in [-0.05, 0) is 44.7 Å². The number of aromatic nitrogens is 1. The SMILES string of the molecule is COc1ccccc1O[C@@H](C)C(=O)Nc1onc2c1CCCC2. The first-order valence-corrected chi connectivity index (χ1v) is 7.77. The summed E-state index contributed by atoms with van der Waals surface area (Å²) in [6.07, 6.45) is 3.30. The molecule has 1 N–H and O–H groups in total. The lowest BCUT2D eigenvalue weighted by molar-refractivity contribution is -0.122. The highest BCUT2D eigenvalue weighted by Crippen LogP contribution is 2.29. The summed E-state index contributed by atoms with van der Waals surface area (Å²) >= 11 is 0. The van der Waals surface area contributed by atoms with Crippen LogP contribution >= 0.6 is 0 Å². The number of rotatable bonds is 5. The number of hydrogen-bond acceptors (Lipinski definition) is 5. The van der Waals surface area contributed by atoms with Crippen LogP contribution in [0.15, 0.2) is 28.8 Å². The van der Waals surface area contributed by atoms with Crippen molar-refractivity contribution < 1.29 is 18.8 Å². The van der Waals surface area contributed by atoms with Crippen LogP contribution in [0, 0.1) is 0 Å². The molecule has 0 radical (unpaired) electrons. The summed E-state index contributed by atoms with van der Waals surface area (Å²) in [6.45, 7) is 1.69. The monoisotopic (exact) mass is 316 g/mol. The average molecular weight is 316 g/mol. The van der Waals surface area contributed by atoms with Gasteiger partial charge in [0.1, 0.15) is 0 Å². The van der Waals surface area contributed by atoms with Crippen LogP contribution in [0.1, 0.15) is 31.0 Å². The predicted molar refractivity (Wildman–Crippen MR) is 84.9 cm³/mol. The van der Waals surface area contributed by atoms with Gasteiger partial charge in [-0.25, -0.2) is 0 Å². The zero-order valence-corrected chi connectivity index (χ0v) is 13.3. The third kappa shape index (κ3) is 3.31. The number of hydrogen-bond donors (Lipinski definition) is 1. The molecule has 1 heterocycles. The fourth-order valence-corrected chi connectivity index (χ4v) is 2.66. The molecule has 1 aliphatic rings. The van der Waals surface area contributed by atoms with Crippen molar-refractivity contribution in [1.29, 1.82) is 0 Å². The van der Waals surface area contributed by atoms with Crippen molar-refractivity contribution in [3.8, 4) is 11.5 Å². The molecule has 1 amide bonds. The number of nitrogens with zero attached hydrogens (tertiary/aromatic N) is 1. The van der Waals surface area contributed by atoms with Gasteiger partial charge < -0.3 is 14.0 Å². The first-order chi connectivity index (χ1) is 11.2. The lowest BCUT2D eigenvalue weighted by Gasteiger charge is -2.16. The van der Waals surface area contributed by atoms with Crippen molar-refractivity contribution in [2.75, 3.05) is 12.4 Å². The van der Waals surface area contributed by atoms with Crippen LogP contribution in [0.2, 0.25) is 0 Å². The maximum absolute atomic E-state index is 12.3. The largest absolute Gasteiger partial charge is 0.493 e. The van der Waals surface area contributed by atoms with Gasteiger partial charge in [0.25, 0.3) is 5.91 Å². The van der Waals surface area contributed by atoms with Gasteiger partial charge in [0, 0.05) is 5.56 Å². The van der Waals surface area contributed by atoms with E-state index < -0.39 is 6.10 Å². The number of carbonyl (C=O) groups excluding carboxylic acids is 1. The number of methoxy groups -OCH3 is 1. The molecular formula is C17H20N2O4. The minimum atomic E-state index is -0.685. The number of anilines is 1. The predicted octanol–water partition coefficient (Wildman–Crippen LogP) is 2.97. The Morgan fingerprint density at radius 3 is 2.78 bits per heavy atom. The van der Waals surface area contributed by atoms with Crippen molar-refractivity contribution in [3.63, 3.8) is 0 Å². The van der Waals surface area contributed by atoms with E-state index in [0.717, 1.165) is 36.9 Å². The van der Waals surface area contributed by atoms with Crippen LogP contribution in [0.25, 0.3) is 0 Å². The first-order valence-electron chi connectivity index (χ1n) is 7.77. The van der Waals surface area contributed by atoms with Crippen molar-refractivity contribution >= 4 is 11.8 Å². The number of benzene rings is 1. The number of carbonyl (C=O) groups is 1. The normalized spacial score (nSPS) is 14.7. The molecule has 1 aromatic carbocycles. The topological polar surface area (TPSA) is 73.6 Å². The first kappa shape index (κ1) is 15.4. The Morgan fingerprint density at radius 2 is 2.00 bits per heavy atom. The molecule has 0 unspecified atom stereocenters. The van der Waals surface area contributed by atoms with Gasteiger partial charge in [-0.2, -0.15) is 0 Å². The Kier molecular flexibility index (Phi) is 4.50. The van der Waals surface area contributed by atoms with E-state index in [-0.39, 0.29) is 5.91 Å². The van der Waals surface area contributed by atoms with Crippen molar-refractivity contribution in [2.45, 2.75) is 38.7 Å². The van der Waals surface area contributed by atoms with Gasteiger partial charge in [0.2, 0.25) is 5.88 Å². The Hall–Kier alpha value is -2.50. The zero-order valence-electron chi connectivity index (χ0n) is 13.3. The Balaban J connectivity index is 1.67. The van der Waals surface area contributed by atoms with Gasteiger partial charge in [0.05, 0.1) is 12.8 Å². The van der Waals surface area contributed by atoms with Crippen molar-refractivity contribution in [1.82, 2.24) is 5.16 Å². The molecule has 1 aliphatic carbocycles. The second kappa shape index (κ2) is 6.73. The molecular weight excluding hydrogens is 296 g/mol. The molecule has 122 valence electrons. The minimum Gasteiger partial charge on any atom is -0.493 e. The Bertz CT molecular complexity index is 696. The van der Waals surface area contributed by atoms with E-state index in [4.69, 9.17) is 14.0 Å². The maximum Gasteiger partial charge on any atom is 0.267 e. The number of nitrogens with one attached hydrogen (secondary N) is 1. The molecule has 2 aromatic rings. The van der Waals surface area contributed by atoms with Crippen LogP contribution < -0.4 is 14.8 Å². The number of fused-ring (bicyclic) bond motifs is 1. The molecule has 6 nitrogen and oxygen atoms in total. The molecule has 0 fully saturated rings. The zero-order chi connectivity index (χ0) is 16.2. The number of para-hydroxylation sites is 2. The molecule has 0 saturated carbocycles. The summed E-state index contributed by atoms with van der Waals surface area (Å²) in [7, 11) is 1.56. The highest BCUT2D eigenvalue weighted by Gasteiger charge is 2.23. The van der Waals surface area contributed by atoms with Gasteiger partial charge in [-0.15, -0.1) is 0 Å². The fourth-order valence-electron chi connectivity index (χ4n) is 2.66. The molecule has 0 aliphatic heterocycles. The average Bonchev–Trinajstić information content (AvgIpc) is 2.98. The summed E-state index contributed by atoms with van der Waals surface area (Å²) in [6, 6.07) is 7.22. The molecule has 0 saturated heterocycles. The van der Waals surface area contributed by atoms with Crippen LogP contribution in [-0.4, -0.2) is 24.3 Å². The quantitative estimate of drug-likeness (QED) is 0.918. The van der Waals surface area contributed by atoms with Gasteiger partial charge in [-0.3, -0.25) is 10.1 Å². The summed E-state index contributed by atoms with van der Waals surface area (Å²) in [5.41, 5.74) is 1.96. The molecule has 3 rings (SSSR count). The van der Waals surface area contributed by atoms with E-state index in [0.29, 0.717) is 17.4 Å². The molecule has 1 atom stereocenters. The van der Waals surface area contributed by atoms with E-state index in [1.807, 2.05) is 12.1 Å². The minimum absolute atomic E-state index is 0.277. The lowest BCUT2D eigenvalue weighted by Crippen LogP contribution is -2.30. The fraction of sp³-hybridized carbons (Fsp3) is 0.412. The maximum atomic E-state index is 12.3. The van der Waals surface area contributed by atoms with Gasteiger partial charge in [0.15, 0.2) is 17.6 Å². The third-order valence-corrected chi connectivity index (χ3v) is 3.94. The molecule has 0 bridgehead atoms. The van der Waals surface area contributed by atoms with Crippen molar-refractivity contribution in [3.05, 3.63) is 35.5 Å². The van der Waals surface area contributed by atoms with E-state index in [1.165, 1.54) is 0 Å². The van der Waals surface area contributed by atoms with Crippen LogP contribution in [0.4, 0.5) is 5.88 Å². The molecule has 1 aromatic heterocycles. The lowest BCUT2D eigenvalue weighted by atomic mass is 9.98. The second-order valence-electron chi connectivity index (χ2n) is 5.54. The van der Waals surface area contributed by atoms with E-state index in [2.05, 4.69) is 10.5 Å². The van der Waals surface area contributed by atoms with Crippen LogP contribution in [-0.2, 0) is 17.6 Å². The smallest absolute Gasteiger partial charge is 0.267 e. The van der Waals surface area contributed by atoms with Crippen LogP contribution in [0.3, 0.4) is 0 Å². The van der Waals surface area contributed by atoms with E-state index in [1.54, 1.807) is 26.2 Å². The Labute approximate surface area is 134 Å². The van der Waals surface area contributed by atoms with E-state index >= 15 is 0 Å². The third-order valence-electron chi connectivity index (χ3n) is 3.94. The standard InChI is InChI=1S/C17H20N2O4/c1-11(22-15-10-6-5-9-14(15)21-2)16(20)18-17-12-7-3-4-8-13(12)19-23-17/h5-6,9-11H,3-4,7-8H2,1-2H3,(H,18,20)/t11-/m0/s1. The summed E-state index contributed by atoms with van der Waals surface area (Å²) in [5, 5.41) is 6.80. The molecule has 23 heavy (non-hydrogen) atoms. The van der Waals surface area contributed by atoms with E-state index in [9.17, 15) is 4.79 Å². The number of aryl methyl sites for hydroxylation is 1.